The number of hydrogen-bond donors (Lipinski definition) is 1. The number of anilines is 1. The van der Waals surface area contributed by atoms with E-state index in [1.54, 1.807) is 39.1 Å². The van der Waals surface area contributed by atoms with Crippen molar-refractivity contribution in [3.05, 3.63) is 59.4 Å². The summed E-state index contributed by atoms with van der Waals surface area (Å²) >= 11 is 0. The van der Waals surface area contributed by atoms with Gasteiger partial charge in [0, 0.05) is 18.2 Å². The van der Waals surface area contributed by atoms with Gasteiger partial charge in [0.25, 0.3) is 5.91 Å². The summed E-state index contributed by atoms with van der Waals surface area (Å²) in [6, 6.07) is 6.92. The summed E-state index contributed by atoms with van der Waals surface area (Å²) in [6.07, 6.45) is -3.99. The van der Waals surface area contributed by atoms with Gasteiger partial charge in [-0.25, -0.2) is 4.79 Å². The van der Waals surface area contributed by atoms with Gasteiger partial charge >= 0.3 is 12.3 Å². The Bertz CT molecular complexity index is 952. The predicted octanol–water partition coefficient (Wildman–Crippen LogP) is 4.34. The molecule has 0 aliphatic carbocycles. The third-order valence-corrected chi connectivity index (χ3v) is 4.96. The molecule has 0 radical (unpaired) electrons. The van der Waals surface area contributed by atoms with E-state index in [9.17, 15) is 27.9 Å². The molecule has 1 aliphatic heterocycles. The van der Waals surface area contributed by atoms with Gasteiger partial charge in [0.2, 0.25) is 0 Å². The van der Waals surface area contributed by atoms with Crippen LogP contribution in [0.25, 0.3) is 0 Å². The van der Waals surface area contributed by atoms with Crippen LogP contribution in [0.2, 0.25) is 0 Å². The molecule has 6 nitrogen and oxygen atoms in total. The van der Waals surface area contributed by atoms with Crippen molar-refractivity contribution in [3.63, 3.8) is 0 Å². The fraction of sp³-hybridized carbons (Fsp3) is 0.381. The second-order valence-corrected chi connectivity index (χ2v) is 8.13. The van der Waals surface area contributed by atoms with Crippen molar-refractivity contribution in [2.75, 3.05) is 4.90 Å². The first-order chi connectivity index (χ1) is 13.9. The van der Waals surface area contributed by atoms with Gasteiger partial charge < -0.3 is 10.0 Å². The summed E-state index contributed by atoms with van der Waals surface area (Å²) in [7, 11) is 0. The zero-order valence-corrected chi connectivity index (χ0v) is 16.8. The topological polar surface area (TPSA) is 73.7 Å². The van der Waals surface area contributed by atoms with E-state index in [1.807, 2.05) is 0 Å². The SMILES string of the molecule is CC(C)(C)N(C(=O)O)C1Cc2ncccc2N(Cc2ccc(C(F)(F)F)cc2)C1=O. The minimum Gasteiger partial charge on any atom is -0.465 e. The normalized spacial score (nSPS) is 16.9. The van der Waals surface area contributed by atoms with E-state index in [2.05, 4.69) is 4.98 Å². The lowest BCUT2D eigenvalue weighted by molar-refractivity contribution is -0.137. The number of rotatable bonds is 3. The fourth-order valence-electron chi connectivity index (χ4n) is 3.64. The Kier molecular flexibility index (Phi) is 5.49. The third-order valence-electron chi connectivity index (χ3n) is 4.96. The van der Waals surface area contributed by atoms with Crippen molar-refractivity contribution >= 4 is 17.7 Å². The van der Waals surface area contributed by atoms with Crippen molar-refractivity contribution in [3.8, 4) is 0 Å². The minimum absolute atomic E-state index is 0.00374. The van der Waals surface area contributed by atoms with Gasteiger partial charge in [0.1, 0.15) is 6.04 Å². The average molecular weight is 421 g/mol. The highest BCUT2D eigenvalue weighted by Gasteiger charge is 2.43. The van der Waals surface area contributed by atoms with E-state index in [4.69, 9.17) is 0 Å². The zero-order chi connectivity index (χ0) is 22.3. The molecule has 1 aromatic carbocycles. The van der Waals surface area contributed by atoms with Crippen molar-refractivity contribution in [2.24, 2.45) is 0 Å². The summed E-state index contributed by atoms with van der Waals surface area (Å²) in [4.78, 5) is 32.0. The van der Waals surface area contributed by atoms with Gasteiger partial charge in [-0.2, -0.15) is 13.2 Å². The lowest BCUT2D eigenvalue weighted by Crippen LogP contribution is -2.60. The van der Waals surface area contributed by atoms with Crippen LogP contribution < -0.4 is 4.90 Å². The summed E-state index contributed by atoms with van der Waals surface area (Å²) in [6.45, 7) is 5.09. The Balaban J connectivity index is 1.98. The number of hydrogen-bond acceptors (Lipinski definition) is 3. The molecule has 2 aromatic rings. The molecule has 2 heterocycles. The average Bonchev–Trinajstić information content (AvgIpc) is 2.63. The van der Waals surface area contributed by atoms with E-state index >= 15 is 0 Å². The van der Waals surface area contributed by atoms with Gasteiger partial charge in [-0.3, -0.25) is 14.7 Å². The van der Waals surface area contributed by atoms with Crippen LogP contribution in [-0.2, 0) is 23.9 Å². The largest absolute Gasteiger partial charge is 0.465 e. The van der Waals surface area contributed by atoms with Crippen LogP contribution in [0.3, 0.4) is 0 Å². The van der Waals surface area contributed by atoms with E-state index in [-0.39, 0.29) is 13.0 Å². The molecule has 3 rings (SSSR count). The molecule has 160 valence electrons. The molecular weight excluding hydrogens is 399 g/mol. The molecule has 9 heteroatoms. The summed E-state index contributed by atoms with van der Waals surface area (Å²) in [5.74, 6) is -0.437. The number of benzene rings is 1. The number of carbonyl (C=O) groups excluding carboxylic acids is 1. The van der Waals surface area contributed by atoms with Gasteiger partial charge in [-0.15, -0.1) is 0 Å². The smallest absolute Gasteiger partial charge is 0.416 e. The minimum atomic E-state index is -4.45. The Morgan fingerprint density at radius 2 is 1.83 bits per heavy atom. The molecule has 0 bridgehead atoms. The van der Waals surface area contributed by atoms with Crippen LogP contribution in [0.4, 0.5) is 23.7 Å². The highest BCUT2D eigenvalue weighted by molar-refractivity contribution is 6.01. The molecule has 1 aliphatic rings. The molecule has 30 heavy (non-hydrogen) atoms. The van der Waals surface area contributed by atoms with Gasteiger partial charge in [0.15, 0.2) is 0 Å². The number of aromatic nitrogens is 1. The lowest BCUT2D eigenvalue weighted by atomic mass is 9.95. The quantitative estimate of drug-likeness (QED) is 0.800. The third kappa shape index (κ3) is 4.24. The Morgan fingerprint density at radius 3 is 2.37 bits per heavy atom. The summed E-state index contributed by atoms with van der Waals surface area (Å²) < 4.78 is 38.5. The molecular formula is C21H22F3N3O3. The van der Waals surface area contributed by atoms with Crippen LogP contribution in [0.15, 0.2) is 42.6 Å². The van der Waals surface area contributed by atoms with Crippen molar-refractivity contribution in [1.82, 2.24) is 9.88 Å². The maximum atomic E-state index is 13.3. The monoisotopic (exact) mass is 421 g/mol. The number of halogens is 3. The van der Waals surface area contributed by atoms with E-state index in [1.165, 1.54) is 17.0 Å². The van der Waals surface area contributed by atoms with Crippen LogP contribution >= 0.6 is 0 Å². The van der Waals surface area contributed by atoms with Crippen molar-refractivity contribution < 1.29 is 27.9 Å². The first-order valence-electron chi connectivity index (χ1n) is 9.33. The van der Waals surface area contributed by atoms with E-state index < -0.39 is 35.3 Å². The number of carbonyl (C=O) groups is 2. The summed E-state index contributed by atoms with van der Waals surface area (Å²) in [5.41, 5.74) is -0.0360. The molecule has 2 amide bonds. The Morgan fingerprint density at radius 1 is 1.20 bits per heavy atom. The highest BCUT2D eigenvalue weighted by atomic mass is 19.4. The molecule has 1 unspecified atom stereocenters. The summed E-state index contributed by atoms with van der Waals surface area (Å²) in [5, 5.41) is 9.74. The highest BCUT2D eigenvalue weighted by Crippen LogP contribution is 2.33. The van der Waals surface area contributed by atoms with Gasteiger partial charge in [-0.05, 0) is 50.6 Å². The lowest BCUT2D eigenvalue weighted by Gasteiger charge is -2.43. The molecule has 0 saturated carbocycles. The van der Waals surface area contributed by atoms with E-state index in [0.717, 1.165) is 17.0 Å². The standard InChI is InChI=1S/C21H22F3N3O3/c1-20(2,3)27(19(29)30)17-11-15-16(5-4-10-25-15)26(18(17)28)12-13-6-8-14(9-7-13)21(22,23)24/h4-10,17H,11-12H2,1-3H3,(H,29,30). The number of alkyl halides is 3. The number of fused-ring (bicyclic) bond motifs is 1. The van der Waals surface area contributed by atoms with Crippen LogP contribution in [0.5, 0.6) is 0 Å². The Labute approximate surface area is 171 Å². The number of pyridine rings is 1. The number of nitrogens with zero attached hydrogens (tertiary/aromatic N) is 3. The molecule has 1 N–H and O–H groups in total. The van der Waals surface area contributed by atoms with Crippen molar-refractivity contribution in [1.29, 1.82) is 0 Å². The predicted molar refractivity (Wildman–Crippen MR) is 104 cm³/mol. The fourth-order valence-corrected chi connectivity index (χ4v) is 3.64. The molecule has 0 fully saturated rings. The maximum absolute atomic E-state index is 13.3. The second kappa shape index (κ2) is 7.62. The maximum Gasteiger partial charge on any atom is 0.416 e. The van der Waals surface area contributed by atoms with Crippen molar-refractivity contribution in [2.45, 2.75) is 51.5 Å². The van der Waals surface area contributed by atoms with E-state index in [0.29, 0.717) is 16.9 Å². The molecule has 1 aromatic heterocycles. The van der Waals surface area contributed by atoms with Crippen LogP contribution in [0, 0.1) is 0 Å². The first kappa shape index (κ1) is 21.6. The van der Waals surface area contributed by atoms with Crippen LogP contribution in [0.1, 0.15) is 37.6 Å². The number of amides is 2. The van der Waals surface area contributed by atoms with Gasteiger partial charge in [0.05, 0.1) is 23.5 Å². The zero-order valence-electron chi connectivity index (χ0n) is 16.8. The first-order valence-corrected chi connectivity index (χ1v) is 9.33. The number of carboxylic acid groups (broad SMARTS) is 1. The molecule has 0 spiro atoms. The molecule has 0 saturated heterocycles. The Hall–Kier alpha value is -3.10. The van der Waals surface area contributed by atoms with Crippen LogP contribution in [-0.4, -0.2) is 38.6 Å². The molecule has 1 atom stereocenters. The van der Waals surface area contributed by atoms with Gasteiger partial charge in [-0.1, -0.05) is 12.1 Å². The second-order valence-electron chi connectivity index (χ2n) is 8.13.